The molecular formula is C15H19FOS. The molecule has 0 aliphatic rings. The predicted octanol–water partition coefficient (Wildman–Crippen LogP) is 3.45. The number of benzene rings is 1. The van der Waals surface area contributed by atoms with Crippen LogP contribution in [0.5, 0.6) is 0 Å². The zero-order valence-corrected chi connectivity index (χ0v) is 11.9. The Balaban J connectivity index is 2.68. The Morgan fingerprint density at radius 3 is 2.61 bits per heavy atom. The number of hydrogen-bond acceptors (Lipinski definition) is 2. The van der Waals surface area contributed by atoms with Crippen molar-refractivity contribution in [2.24, 2.45) is 5.92 Å². The van der Waals surface area contributed by atoms with Crippen LogP contribution in [0.2, 0.25) is 0 Å². The van der Waals surface area contributed by atoms with Gasteiger partial charge in [-0.05, 0) is 23.6 Å². The Labute approximate surface area is 113 Å². The van der Waals surface area contributed by atoms with Crippen molar-refractivity contribution < 1.29 is 9.50 Å². The van der Waals surface area contributed by atoms with Crippen LogP contribution < -0.4 is 0 Å². The normalized spacial score (nSPS) is 12.1. The number of rotatable bonds is 4. The Hall–Kier alpha value is -0.980. The average molecular weight is 266 g/mol. The third-order valence-electron chi connectivity index (χ3n) is 2.81. The van der Waals surface area contributed by atoms with Gasteiger partial charge in [0.2, 0.25) is 0 Å². The fraction of sp³-hybridized carbons (Fsp3) is 0.467. The fourth-order valence-corrected chi connectivity index (χ4v) is 2.36. The molecule has 0 aromatic heterocycles. The summed E-state index contributed by atoms with van der Waals surface area (Å²) in [6.07, 6.45) is 0. The number of aliphatic hydroxyl groups excluding tert-OH is 1. The summed E-state index contributed by atoms with van der Waals surface area (Å²) in [6.45, 7) is 6.29. The van der Waals surface area contributed by atoms with Crippen molar-refractivity contribution in [1.82, 2.24) is 0 Å². The first-order valence-electron chi connectivity index (χ1n) is 6.04. The van der Waals surface area contributed by atoms with E-state index in [1.54, 1.807) is 23.9 Å². The molecule has 0 saturated carbocycles. The van der Waals surface area contributed by atoms with Crippen molar-refractivity contribution in [2.75, 3.05) is 6.61 Å². The summed E-state index contributed by atoms with van der Waals surface area (Å²) in [5.41, 5.74) is 1.31. The molecule has 98 valence electrons. The molecule has 1 rings (SSSR count). The van der Waals surface area contributed by atoms with Gasteiger partial charge in [-0.25, -0.2) is 4.39 Å². The molecule has 1 nitrogen and oxygen atoms in total. The van der Waals surface area contributed by atoms with Crippen LogP contribution in [0.15, 0.2) is 18.2 Å². The average Bonchev–Trinajstić information content (AvgIpc) is 2.34. The van der Waals surface area contributed by atoms with E-state index in [1.165, 1.54) is 6.07 Å². The Bertz CT molecular complexity index is 446. The summed E-state index contributed by atoms with van der Waals surface area (Å²) in [6, 6.07) is 5.00. The standard InChI is InChI=1S/C15H19FOS/c1-11(2)12(3)18-10-14-7-6-13(5-4-8-17)9-15(14)16/h6-7,9,11-12,17H,8,10H2,1-3H3. The van der Waals surface area contributed by atoms with Crippen LogP contribution >= 0.6 is 11.8 Å². The van der Waals surface area contributed by atoms with Crippen molar-refractivity contribution >= 4 is 11.8 Å². The second-order valence-electron chi connectivity index (χ2n) is 4.53. The molecule has 1 aromatic rings. The highest BCUT2D eigenvalue weighted by Crippen LogP contribution is 2.24. The van der Waals surface area contributed by atoms with E-state index < -0.39 is 0 Å². The molecule has 1 atom stereocenters. The van der Waals surface area contributed by atoms with Crippen molar-refractivity contribution in [1.29, 1.82) is 0 Å². The summed E-state index contributed by atoms with van der Waals surface area (Å²) >= 11 is 1.76. The van der Waals surface area contributed by atoms with Crippen LogP contribution in [0.1, 0.15) is 31.9 Å². The minimum atomic E-state index is -0.219. The largest absolute Gasteiger partial charge is 0.384 e. The van der Waals surface area contributed by atoms with Crippen LogP contribution in [0.3, 0.4) is 0 Å². The third-order valence-corrected chi connectivity index (χ3v) is 4.35. The highest BCUT2D eigenvalue weighted by atomic mass is 32.2. The quantitative estimate of drug-likeness (QED) is 0.842. The second-order valence-corrected chi connectivity index (χ2v) is 5.89. The van der Waals surface area contributed by atoms with E-state index in [2.05, 4.69) is 32.6 Å². The van der Waals surface area contributed by atoms with Crippen molar-refractivity contribution in [3.63, 3.8) is 0 Å². The Kier molecular flexibility index (Phi) is 6.24. The van der Waals surface area contributed by atoms with Crippen LogP contribution in [0, 0.1) is 23.6 Å². The second kappa shape index (κ2) is 7.45. The molecule has 1 aromatic carbocycles. The highest BCUT2D eigenvalue weighted by Gasteiger charge is 2.09. The van der Waals surface area contributed by atoms with Gasteiger partial charge in [-0.3, -0.25) is 0 Å². The van der Waals surface area contributed by atoms with Gasteiger partial charge in [-0.1, -0.05) is 38.7 Å². The van der Waals surface area contributed by atoms with E-state index in [0.29, 0.717) is 28.0 Å². The van der Waals surface area contributed by atoms with Crippen LogP contribution in [-0.2, 0) is 5.75 Å². The minimum Gasteiger partial charge on any atom is -0.384 e. The van der Waals surface area contributed by atoms with Crippen LogP contribution in [-0.4, -0.2) is 17.0 Å². The van der Waals surface area contributed by atoms with Gasteiger partial charge in [0.15, 0.2) is 0 Å². The first kappa shape index (κ1) is 15.1. The van der Waals surface area contributed by atoms with Gasteiger partial charge < -0.3 is 5.11 Å². The van der Waals surface area contributed by atoms with Crippen molar-refractivity contribution in [3.05, 3.63) is 35.1 Å². The lowest BCUT2D eigenvalue weighted by molar-refractivity contribution is 0.350. The molecule has 0 aliphatic heterocycles. The van der Waals surface area contributed by atoms with E-state index in [9.17, 15) is 4.39 Å². The number of thioether (sulfide) groups is 1. The number of hydrogen-bond donors (Lipinski definition) is 1. The lowest BCUT2D eigenvalue weighted by atomic mass is 10.1. The summed E-state index contributed by atoms with van der Waals surface area (Å²) in [4.78, 5) is 0. The van der Waals surface area contributed by atoms with Crippen molar-refractivity contribution in [2.45, 2.75) is 31.8 Å². The summed E-state index contributed by atoms with van der Waals surface area (Å²) in [7, 11) is 0. The summed E-state index contributed by atoms with van der Waals surface area (Å²) in [5, 5.41) is 9.09. The monoisotopic (exact) mass is 266 g/mol. The maximum Gasteiger partial charge on any atom is 0.128 e. The maximum absolute atomic E-state index is 13.8. The zero-order valence-electron chi connectivity index (χ0n) is 11.0. The Morgan fingerprint density at radius 1 is 1.33 bits per heavy atom. The molecule has 0 saturated heterocycles. The molecule has 0 heterocycles. The van der Waals surface area contributed by atoms with Gasteiger partial charge in [-0.2, -0.15) is 11.8 Å². The number of aliphatic hydroxyl groups is 1. The zero-order chi connectivity index (χ0) is 13.5. The molecule has 18 heavy (non-hydrogen) atoms. The highest BCUT2D eigenvalue weighted by molar-refractivity contribution is 7.99. The van der Waals surface area contributed by atoms with E-state index in [1.807, 2.05) is 0 Å². The van der Waals surface area contributed by atoms with Gasteiger partial charge in [0, 0.05) is 16.6 Å². The van der Waals surface area contributed by atoms with Gasteiger partial charge in [-0.15, -0.1) is 0 Å². The molecule has 3 heteroatoms. The van der Waals surface area contributed by atoms with Gasteiger partial charge >= 0.3 is 0 Å². The van der Waals surface area contributed by atoms with E-state index in [-0.39, 0.29) is 12.4 Å². The van der Waals surface area contributed by atoms with Gasteiger partial charge in [0.25, 0.3) is 0 Å². The molecule has 1 unspecified atom stereocenters. The van der Waals surface area contributed by atoms with E-state index >= 15 is 0 Å². The van der Waals surface area contributed by atoms with Crippen LogP contribution in [0.25, 0.3) is 0 Å². The van der Waals surface area contributed by atoms with E-state index in [0.717, 1.165) is 0 Å². The van der Waals surface area contributed by atoms with Crippen LogP contribution in [0.4, 0.5) is 4.39 Å². The molecule has 0 radical (unpaired) electrons. The molecular weight excluding hydrogens is 247 g/mol. The first-order chi connectivity index (χ1) is 8.54. The number of halogens is 1. The first-order valence-corrected chi connectivity index (χ1v) is 7.09. The van der Waals surface area contributed by atoms with E-state index in [4.69, 9.17) is 5.11 Å². The predicted molar refractivity (Wildman–Crippen MR) is 76.0 cm³/mol. The molecule has 0 bridgehead atoms. The lowest BCUT2D eigenvalue weighted by Gasteiger charge is -2.15. The summed E-state index contributed by atoms with van der Waals surface area (Å²) < 4.78 is 13.8. The lowest BCUT2D eigenvalue weighted by Crippen LogP contribution is -2.06. The van der Waals surface area contributed by atoms with Crippen molar-refractivity contribution in [3.8, 4) is 11.8 Å². The molecule has 0 amide bonds. The Morgan fingerprint density at radius 2 is 2.06 bits per heavy atom. The topological polar surface area (TPSA) is 20.2 Å². The maximum atomic E-state index is 13.8. The third kappa shape index (κ3) is 4.72. The molecule has 0 aliphatic carbocycles. The molecule has 0 fully saturated rings. The van der Waals surface area contributed by atoms with Gasteiger partial charge in [0.05, 0.1) is 0 Å². The minimum absolute atomic E-state index is 0.203. The SMILES string of the molecule is CC(C)C(C)SCc1ccc(C#CCO)cc1F. The molecule has 1 N–H and O–H groups in total. The molecule has 0 spiro atoms. The van der Waals surface area contributed by atoms with Gasteiger partial charge in [0.1, 0.15) is 12.4 Å². The summed E-state index contributed by atoms with van der Waals surface area (Å²) in [5.74, 6) is 6.26. The fourth-order valence-electron chi connectivity index (χ4n) is 1.30. The smallest absolute Gasteiger partial charge is 0.128 e.